The Hall–Kier alpha value is -1.32. The predicted molar refractivity (Wildman–Crippen MR) is 47.0 cm³/mol. The van der Waals surface area contributed by atoms with E-state index in [2.05, 4.69) is 11.3 Å². The lowest BCUT2D eigenvalue weighted by molar-refractivity contribution is -0.150. The third kappa shape index (κ3) is 1.95. The topological polar surface area (TPSA) is 52.6 Å². The van der Waals surface area contributed by atoms with Crippen molar-refractivity contribution in [2.45, 2.75) is 25.4 Å². The number of hydrogen-bond donors (Lipinski definition) is 0. The summed E-state index contributed by atoms with van der Waals surface area (Å²) in [6.45, 7) is 3.28. The first kappa shape index (κ1) is 9.24. The summed E-state index contributed by atoms with van der Waals surface area (Å²) in [4.78, 5) is 22.4. The zero-order chi connectivity index (χ0) is 10.1. The molecule has 0 heterocycles. The van der Waals surface area contributed by atoms with Crippen LogP contribution in [0.25, 0.3) is 0 Å². The largest absolute Gasteiger partial charge is 0.462 e. The van der Waals surface area contributed by atoms with E-state index in [0.717, 1.165) is 19.1 Å². The first-order valence-electron chi connectivity index (χ1n) is 4.74. The van der Waals surface area contributed by atoms with Crippen LogP contribution in [-0.2, 0) is 19.1 Å². The van der Waals surface area contributed by atoms with Crippen LogP contribution in [-0.4, -0.2) is 18.0 Å². The predicted octanol–water partition coefficient (Wildman–Crippen LogP) is 1.01. The van der Waals surface area contributed by atoms with Crippen molar-refractivity contribution in [3.05, 3.63) is 12.8 Å². The Balaban J connectivity index is 1.76. The number of esters is 2. The zero-order valence-electron chi connectivity index (χ0n) is 7.77. The minimum Gasteiger partial charge on any atom is -0.462 e. The second-order valence-electron chi connectivity index (χ2n) is 3.69. The van der Waals surface area contributed by atoms with E-state index in [1.165, 1.54) is 0 Å². The fourth-order valence-electron chi connectivity index (χ4n) is 1.32. The molecule has 0 radical (unpaired) electrons. The molecule has 2 rings (SSSR count). The normalized spacial score (nSPS) is 29.1. The van der Waals surface area contributed by atoms with Gasteiger partial charge in [-0.05, 0) is 19.3 Å². The lowest BCUT2D eigenvalue weighted by atomic mass is 10.3. The molecule has 0 aromatic rings. The highest BCUT2D eigenvalue weighted by atomic mass is 16.6. The van der Waals surface area contributed by atoms with Crippen LogP contribution in [0.1, 0.15) is 19.3 Å². The Morgan fingerprint density at radius 2 is 1.86 bits per heavy atom. The molecule has 2 saturated carbocycles. The van der Waals surface area contributed by atoms with Gasteiger partial charge in [-0.25, -0.2) is 0 Å². The molecule has 14 heavy (non-hydrogen) atoms. The molecular weight excluding hydrogens is 184 g/mol. The second-order valence-corrected chi connectivity index (χ2v) is 3.69. The third-order valence-electron chi connectivity index (χ3n) is 2.40. The fourth-order valence-corrected chi connectivity index (χ4v) is 1.32. The van der Waals surface area contributed by atoms with Crippen molar-refractivity contribution >= 4 is 11.9 Å². The van der Waals surface area contributed by atoms with Crippen molar-refractivity contribution in [2.24, 2.45) is 11.8 Å². The molecule has 0 aliphatic heterocycles. The first-order chi connectivity index (χ1) is 6.72. The number of rotatable bonds is 4. The summed E-state index contributed by atoms with van der Waals surface area (Å²) in [5, 5.41) is 0. The number of carbonyl (C=O) groups is 2. The van der Waals surface area contributed by atoms with Crippen LogP contribution in [0, 0.1) is 11.8 Å². The van der Waals surface area contributed by atoms with Gasteiger partial charge in [-0.2, -0.15) is 0 Å². The summed E-state index contributed by atoms with van der Waals surface area (Å²) < 4.78 is 9.66. The lowest BCUT2D eigenvalue weighted by Crippen LogP contribution is -2.13. The van der Waals surface area contributed by atoms with Gasteiger partial charge >= 0.3 is 11.9 Å². The molecule has 2 aliphatic rings. The smallest absolute Gasteiger partial charge is 0.314 e. The van der Waals surface area contributed by atoms with Crippen molar-refractivity contribution in [3.8, 4) is 0 Å². The maximum absolute atomic E-state index is 11.3. The minimum absolute atomic E-state index is 0.110. The van der Waals surface area contributed by atoms with Gasteiger partial charge in [0, 0.05) is 0 Å². The Morgan fingerprint density at radius 3 is 2.43 bits per heavy atom. The van der Waals surface area contributed by atoms with E-state index in [9.17, 15) is 9.59 Å². The minimum atomic E-state index is -0.377. The Bertz CT molecular complexity index is 280. The van der Waals surface area contributed by atoms with Gasteiger partial charge in [0.1, 0.15) is 6.10 Å². The Labute approximate surface area is 81.9 Å². The van der Waals surface area contributed by atoms with Crippen LogP contribution in [0.2, 0.25) is 0 Å². The molecule has 2 fully saturated rings. The summed E-state index contributed by atoms with van der Waals surface area (Å²) in [7, 11) is 0. The van der Waals surface area contributed by atoms with E-state index in [4.69, 9.17) is 4.74 Å². The van der Waals surface area contributed by atoms with Gasteiger partial charge in [0.2, 0.25) is 0 Å². The molecule has 0 saturated heterocycles. The van der Waals surface area contributed by atoms with Crippen molar-refractivity contribution in [3.63, 3.8) is 0 Å². The van der Waals surface area contributed by atoms with Gasteiger partial charge in [-0.3, -0.25) is 9.59 Å². The molecule has 0 bridgehead atoms. The highest BCUT2D eigenvalue weighted by Gasteiger charge is 2.51. The highest BCUT2D eigenvalue weighted by molar-refractivity contribution is 5.87. The fraction of sp³-hybridized carbons (Fsp3) is 0.600. The average molecular weight is 196 g/mol. The maximum Gasteiger partial charge on any atom is 0.314 e. The molecule has 0 spiro atoms. The van der Waals surface area contributed by atoms with Crippen LogP contribution >= 0.6 is 0 Å². The van der Waals surface area contributed by atoms with E-state index in [-0.39, 0.29) is 29.9 Å². The lowest BCUT2D eigenvalue weighted by Gasteiger charge is -2.00. The van der Waals surface area contributed by atoms with Crippen LogP contribution in [0.3, 0.4) is 0 Å². The van der Waals surface area contributed by atoms with Gasteiger partial charge in [-0.15, -0.1) is 0 Å². The molecule has 0 aromatic heterocycles. The standard InChI is InChI=1S/C10H12O4/c1-2-13-9(11)7-5-8(7)10(12)14-6-3-4-6/h2,6-8H,1,3-5H2. The van der Waals surface area contributed by atoms with E-state index >= 15 is 0 Å². The average Bonchev–Trinajstić information content (AvgIpc) is 2.99. The summed E-state index contributed by atoms with van der Waals surface area (Å²) in [5.41, 5.74) is 0. The van der Waals surface area contributed by atoms with Gasteiger partial charge in [0.05, 0.1) is 18.1 Å². The van der Waals surface area contributed by atoms with Crippen LogP contribution in [0.5, 0.6) is 0 Å². The van der Waals surface area contributed by atoms with Gasteiger partial charge in [-0.1, -0.05) is 6.58 Å². The molecule has 2 atom stereocenters. The Morgan fingerprint density at radius 1 is 1.21 bits per heavy atom. The van der Waals surface area contributed by atoms with Crippen molar-refractivity contribution in [1.29, 1.82) is 0 Å². The van der Waals surface area contributed by atoms with Crippen molar-refractivity contribution in [1.82, 2.24) is 0 Å². The van der Waals surface area contributed by atoms with Gasteiger partial charge in [0.15, 0.2) is 0 Å². The molecular formula is C10H12O4. The quantitative estimate of drug-likeness (QED) is 0.497. The van der Waals surface area contributed by atoms with Crippen molar-refractivity contribution in [2.75, 3.05) is 0 Å². The summed E-state index contributed by atoms with van der Waals surface area (Å²) in [6.07, 6.45) is 3.67. The number of carbonyl (C=O) groups excluding carboxylic acids is 2. The second kappa shape index (κ2) is 3.44. The molecule has 0 aromatic carbocycles. The zero-order valence-corrected chi connectivity index (χ0v) is 7.77. The first-order valence-corrected chi connectivity index (χ1v) is 4.74. The SMILES string of the molecule is C=COC(=O)C1CC1C(=O)OC1CC1. The van der Waals surface area contributed by atoms with E-state index in [1.807, 2.05) is 0 Å². The van der Waals surface area contributed by atoms with E-state index in [0.29, 0.717) is 6.42 Å². The summed E-state index contributed by atoms with van der Waals surface area (Å²) in [6, 6.07) is 0. The monoisotopic (exact) mass is 196 g/mol. The Kier molecular flexibility index (Phi) is 2.27. The summed E-state index contributed by atoms with van der Waals surface area (Å²) >= 11 is 0. The van der Waals surface area contributed by atoms with Gasteiger partial charge in [0.25, 0.3) is 0 Å². The molecule has 4 nitrogen and oxygen atoms in total. The third-order valence-corrected chi connectivity index (χ3v) is 2.40. The molecule has 4 heteroatoms. The van der Waals surface area contributed by atoms with Crippen LogP contribution in [0.15, 0.2) is 12.8 Å². The number of hydrogen-bond acceptors (Lipinski definition) is 4. The highest BCUT2D eigenvalue weighted by Crippen LogP contribution is 2.41. The van der Waals surface area contributed by atoms with Crippen LogP contribution < -0.4 is 0 Å². The number of ether oxygens (including phenoxy) is 2. The van der Waals surface area contributed by atoms with E-state index in [1.54, 1.807) is 0 Å². The van der Waals surface area contributed by atoms with Crippen molar-refractivity contribution < 1.29 is 19.1 Å². The maximum atomic E-state index is 11.3. The summed E-state index contributed by atoms with van der Waals surface area (Å²) in [5.74, 6) is -1.21. The molecule has 2 unspecified atom stereocenters. The molecule has 76 valence electrons. The molecule has 0 N–H and O–H groups in total. The van der Waals surface area contributed by atoms with E-state index < -0.39 is 0 Å². The van der Waals surface area contributed by atoms with Gasteiger partial charge < -0.3 is 9.47 Å². The molecule has 2 aliphatic carbocycles. The molecule has 0 amide bonds. The van der Waals surface area contributed by atoms with Crippen LogP contribution in [0.4, 0.5) is 0 Å².